The zero-order chi connectivity index (χ0) is 28.0. The van der Waals surface area contributed by atoms with Crippen LogP contribution in [0.25, 0.3) is 0 Å². The number of hydrogen-bond acceptors (Lipinski definition) is 5. The van der Waals surface area contributed by atoms with Crippen molar-refractivity contribution in [2.24, 2.45) is 0 Å². The Hall–Kier alpha value is 2.80. The molecule has 0 rings (SSSR count). The Morgan fingerprint density at radius 1 is 0.541 bits per heavy atom. The lowest BCUT2D eigenvalue weighted by atomic mass is 10.2. The molecule has 0 amide bonds. The van der Waals surface area contributed by atoms with Crippen LogP contribution >= 0.6 is 91.5 Å². The molecular weight excluding hydrogens is 605 g/mol. The molecule has 3 unspecified atom stereocenters. The summed E-state index contributed by atoms with van der Waals surface area (Å²) in [7, 11) is -1.46. The van der Waals surface area contributed by atoms with E-state index in [1.807, 2.05) is 23.5 Å². The Morgan fingerprint density at radius 3 is 1.19 bits per heavy atom. The van der Waals surface area contributed by atoms with Crippen LogP contribution in [0, 0.1) is 0 Å². The van der Waals surface area contributed by atoms with E-state index in [1.165, 1.54) is 121 Å². The normalized spacial score (nSPS) is 20.4. The van der Waals surface area contributed by atoms with Crippen LogP contribution in [0.1, 0.15) is 64.7 Å². The van der Waals surface area contributed by atoms with Gasteiger partial charge in [0.15, 0.2) is 0 Å². The Bertz CT molecular complexity index is 486. The highest BCUT2D eigenvalue weighted by molar-refractivity contribution is 8.34. The molecule has 0 saturated carbocycles. The lowest BCUT2D eigenvalue weighted by Crippen LogP contribution is -2.20. The van der Waals surface area contributed by atoms with E-state index in [4.69, 9.17) is 12.6 Å². The van der Waals surface area contributed by atoms with Crippen LogP contribution in [0.3, 0.4) is 0 Å². The second-order valence-electron chi connectivity index (χ2n) is 11.5. The van der Waals surface area contributed by atoms with Crippen molar-refractivity contribution < 1.29 is 0 Å². The van der Waals surface area contributed by atoms with Gasteiger partial charge in [0.2, 0.25) is 0 Å². The van der Waals surface area contributed by atoms with Crippen molar-refractivity contribution in [1.29, 1.82) is 0 Å². The van der Waals surface area contributed by atoms with Crippen LogP contribution < -0.4 is 0 Å². The van der Waals surface area contributed by atoms with Crippen LogP contribution in [-0.4, -0.2) is 111 Å². The molecule has 0 aliphatic rings. The van der Waals surface area contributed by atoms with Gasteiger partial charge in [-0.25, -0.2) is 30.1 Å². The summed E-state index contributed by atoms with van der Waals surface area (Å²) < 4.78 is 0. The fraction of sp³-hybridized carbons (Fsp3) is 1.00. The summed E-state index contributed by atoms with van der Waals surface area (Å²) in [5.41, 5.74) is 0. The van der Waals surface area contributed by atoms with Crippen LogP contribution in [-0.2, 0) is 0 Å². The summed E-state index contributed by atoms with van der Waals surface area (Å²) in [6.07, 6.45) is 24.9. The van der Waals surface area contributed by atoms with Gasteiger partial charge in [-0.2, -0.15) is 61.4 Å². The Labute approximate surface area is 265 Å². The van der Waals surface area contributed by atoms with E-state index >= 15 is 0 Å². The highest BCUT2D eigenvalue weighted by Gasteiger charge is 2.24. The number of rotatable bonds is 27. The van der Waals surface area contributed by atoms with Crippen LogP contribution in [0.15, 0.2) is 0 Å². The summed E-state index contributed by atoms with van der Waals surface area (Å²) in [5, 5.41) is 0.597. The molecule has 0 radical (unpaired) electrons. The second-order valence-corrected chi connectivity index (χ2v) is 27.7. The standard InChI is InChI=1S/C29H66S8/c1-7-29(32)15-8-20-35(4,25-13-27-36(5,21-9-16-30)23-11-18-33-2)26-14-28-37(6,22-10-17-31)24-12-19-34-3/h29-32H,7-28H2,1-6H3. The zero-order valence-electron chi connectivity index (χ0n) is 25.5. The lowest BCUT2D eigenvalue weighted by Gasteiger charge is -2.42. The number of hydrogen-bond donors (Lipinski definition) is 3. The van der Waals surface area contributed by atoms with Gasteiger partial charge in [0, 0.05) is 5.25 Å². The summed E-state index contributed by atoms with van der Waals surface area (Å²) in [4.78, 5) is 0. The van der Waals surface area contributed by atoms with Crippen molar-refractivity contribution in [3.8, 4) is 0 Å². The Kier molecular flexibility index (Phi) is 26.1. The average molecular weight is 671 g/mol. The molecule has 3 atom stereocenters. The quantitative estimate of drug-likeness (QED) is 0.0588. The van der Waals surface area contributed by atoms with Crippen LogP contribution in [0.4, 0.5) is 0 Å². The highest BCUT2D eigenvalue weighted by atomic mass is 32.3. The molecule has 37 heavy (non-hydrogen) atoms. The monoisotopic (exact) mass is 670 g/mol. The fourth-order valence-corrected chi connectivity index (χ4v) is 17.2. The lowest BCUT2D eigenvalue weighted by molar-refractivity contribution is 0.726. The largest absolute Gasteiger partial charge is 0.244 e. The van der Waals surface area contributed by atoms with Gasteiger partial charge in [-0.05, 0) is 164 Å². The Morgan fingerprint density at radius 2 is 0.865 bits per heavy atom. The minimum atomic E-state index is -0.525. The van der Waals surface area contributed by atoms with Gasteiger partial charge >= 0.3 is 0 Å². The van der Waals surface area contributed by atoms with Gasteiger partial charge in [0.1, 0.15) is 0 Å². The molecule has 0 spiro atoms. The van der Waals surface area contributed by atoms with E-state index < -0.39 is 30.1 Å². The molecule has 0 heterocycles. The third-order valence-corrected chi connectivity index (χ3v) is 21.9. The summed E-state index contributed by atoms with van der Waals surface area (Å²) in [5.74, 6) is 18.1. The minimum Gasteiger partial charge on any atom is -0.244 e. The summed E-state index contributed by atoms with van der Waals surface area (Å²) >= 11 is 18.0. The molecule has 0 fully saturated rings. The predicted octanol–water partition coefficient (Wildman–Crippen LogP) is 9.70. The Balaban J connectivity index is 5.15. The topological polar surface area (TPSA) is 0 Å². The first kappa shape index (κ1) is 39.8. The van der Waals surface area contributed by atoms with Crippen molar-refractivity contribution in [3.05, 3.63) is 0 Å². The molecule has 0 aromatic heterocycles. The van der Waals surface area contributed by atoms with Crippen molar-refractivity contribution in [1.82, 2.24) is 0 Å². The molecule has 0 bridgehead atoms. The maximum Gasteiger partial charge on any atom is 0.00144 e. The molecule has 8 heteroatoms. The average Bonchev–Trinajstić information content (AvgIpc) is 2.86. The number of thioether (sulfide) groups is 2. The van der Waals surface area contributed by atoms with Crippen molar-refractivity contribution in [2.45, 2.75) is 70.0 Å². The maximum absolute atomic E-state index is 4.82. The third-order valence-electron chi connectivity index (χ3n) is 7.76. The van der Waals surface area contributed by atoms with Gasteiger partial charge in [-0.15, -0.1) is 0 Å². The summed E-state index contributed by atoms with van der Waals surface area (Å²) in [6, 6.07) is 0. The SMILES string of the molecule is CCC(S)CCCS(C)(CCCS(C)(CCCS)CCCSC)CCCS(C)(CCCS)CCCSC. The smallest absolute Gasteiger partial charge is 0.00144 e. The third kappa shape index (κ3) is 21.2. The van der Waals surface area contributed by atoms with Gasteiger partial charge in [-0.1, -0.05) is 6.92 Å². The molecule has 0 nitrogen and oxygen atoms in total. The first-order chi connectivity index (χ1) is 17.6. The van der Waals surface area contributed by atoms with Gasteiger partial charge in [0.05, 0.1) is 0 Å². The van der Waals surface area contributed by atoms with E-state index in [-0.39, 0.29) is 0 Å². The highest BCUT2D eigenvalue weighted by Crippen LogP contribution is 2.52. The molecule has 230 valence electrons. The van der Waals surface area contributed by atoms with Crippen molar-refractivity contribution in [2.75, 3.05) is 106 Å². The van der Waals surface area contributed by atoms with E-state index in [2.05, 4.69) is 63.5 Å². The zero-order valence-corrected chi connectivity index (χ0v) is 32.3. The van der Waals surface area contributed by atoms with E-state index in [9.17, 15) is 0 Å². The molecule has 0 aliphatic heterocycles. The first-order valence-electron chi connectivity index (χ1n) is 14.6. The maximum atomic E-state index is 4.82. The molecular formula is C29H66S8. The van der Waals surface area contributed by atoms with E-state index in [0.717, 1.165) is 11.5 Å². The van der Waals surface area contributed by atoms with Gasteiger partial charge in [-0.3, -0.25) is 0 Å². The molecule has 0 N–H and O–H groups in total. The van der Waals surface area contributed by atoms with E-state index in [1.54, 1.807) is 0 Å². The molecule has 0 saturated heterocycles. The molecule has 0 aromatic rings. The van der Waals surface area contributed by atoms with Gasteiger partial charge < -0.3 is 0 Å². The minimum absolute atomic E-state index is 0.467. The van der Waals surface area contributed by atoms with Gasteiger partial charge in [0.25, 0.3) is 0 Å². The van der Waals surface area contributed by atoms with E-state index in [0.29, 0.717) is 5.25 Å². The van der Waals surface area contributed by atoms with Crippen molar-refractivity contribution in [3.63, 3.8) is 0 Å². The summed E-state index contributed by atoms with van der Waals surface area (Å²) in [6.45, 7) is 2.29. The van der Waals surface area contributed by atoms with Crippen LogP contribution in [0.5, 0.6) is 0 Å². The second kappa shape index (κ2) is 24.3. The predicted molar refractivity (Wildman–Crippen MR) is 209 cm³/mol. The van der Waals surface area contributed by atoms with Crippen molar-refractivity contribution >= 4 is 91.5 Å². The molecule has 0 aromatic carbocycles. The van der Waals surface area contributed by atoms with Crippen LogP contribution in [0.2, 0.25) is 0 Å². The molecule has 0 aliphatic carbocycles. The fourth-order valence-electron chi connectivity index (χ4n) is 5.23. The number of thiol groups is 3. The first-order valence-corrected chi connectivity index (χ1v) is 26.8.